The van der Waals surface area contributed by atoms with Gasteiger partial charge in [-0.3, -0.25) is 4.79 Å². The first kappa shape index (κ1) is 13.0. The molecular weight excluding hydrogens is 200 g/mol. The molecule has 0 aromatic heterocycles. The molecule has 0 saturated carbocycles. The predicted molar refractivity (Wildman–Crippen MR) is 67.2 cm³/mol. The molecule has 3 nitrogen and oxygen atoms in total. The van der Waals surface area contributed by atoms with Gasteiger partial charge in [0, 0.05) is 18.5 Å². The van der Waals surface area contributed by atoms with E-state index in [0.717, 1.165) is 32.4 Å². The third-order valence-corrected chi connectivity index (χ3v) is 2.96. The van der Waals surface area contributed by atoms with Crippen LogP contribution < -0.4 is 10.6 Å². The van der Waals surface area contributed by atoms with Crippen molar-refractivity contribution >= 4 is 5.91 Å². The fraction of sp³-hybridized carbons (Fsp3) is 0.615. The van der Waals surface area contributed by atoms with Gasteiger partial charge in [-0.15, -0.1) is 13.2 Å². The molecule has 3 heteroatoms. The lowest BCUT2D eigenvalue weighted by atomic mass is 10.0. The van der Waals surface area contributed by atoms with Gasteiger partial charge in [0.2, 0.25) is 5.91 Å². The van der Waals surface area contributed by atoms with E-state index < -0.39 is 0 Å². The highest BCUT2D eigenvalue weighted by atomic mass is 16.1. The van der Waals surface area contributed by atoms with Crippen LogP contribution in [0, 0.1) is 5.92 Å². The number of amides is 1. The summed E-state index contributed by atoms with van der Waals surface area (Å²) in [6.07, 6.45) is 7.40. The van der Waals surface area contributed by atoms with E-state index in [-0.39, 0.29) is 11.8 Å². The molecule has 90 valence electrons. The average molecular weight is 222 g/mol. The topological polar surface area (TPSA) is 41.1 Å². The number of rotatable bonds is 7. The van der Waals surface area contributed by atoms with Crippen molar-refractivity contribution in [2.45, 2.75) is 31.7 Å². The lowest BCUT2D eigenvalue weighted by molar-refractivity contribution is -0.124. The molecule has 0 aromatic carbocycles. The van der Waals surface area contributed by atoms with Crippen LogP contribution in [-0.4, -0.2) is 25.0 Å². The Kier molecular flexibility index (Phi) is 5.86. The monoisotopic (exact) mass is 222 g/mol. The van der Waals surface area contributed by atoms with E-state index in [4.69, 9.17) is 0 Å². The second kappa shape index (κ2) is 7.23. The van der Waals surface area contributed by atoms with Crippen LogP contribution >= 0.6 is 0 Å². The second-order valence-corrected chi connectivity index (χ2v) is 4.28. The molecule has 16 heavy (non-hydrogen) atoms. The Bertz CT molecular complexity index is 234. The summed E-state index contributed by atoms with van der Waals surface area (Å²) >= 11 is 0. The molecule has 1 fully saturated rings. The van der Waals surface area contributed by atoms with Crippen molar-refractivity contribution in [3.63, 3.8) is 0 Å². The Hall–Kier alpha value is -1.09. The fourth-order valence-corrected chi connectivity index (χ4v) is 2.01. The summed E-state index contributed by atoms with van der Waals surface area (Å²) in [5.41, 5.74) is 0. The van der Waals surface area contributed by atoms with E-state index in [1.54, 1.807) is 12.2 Å². The van der Waals surface area contributed by atoms with Crippen LogP contribution in [0.3, 0.4) is 0 Å². The van der Waals surface area contributed by atoms with Crippen LogP contribution in [0.2, 0.25) is 0 Å². The summed E-state index contributed by atoms with van der Waals surface area (Å²) in [6, 6.07) is 0.456. The Labute approximate surface area is 98.0 Å². The molecule has 0 aliphatic carbocycles. The molecule has 1 aliphatic rings. The molecule has 0 radical (unpaired) electrons. The Balaban J connectivity index is 2.29. The maximum Gasteiger partial charge on any atom is 0.223 e. The van der Waals surface area contributed by atoms with E-state index in [2.05, 4.69) is 23.8 Å². The number of carbonyl (C=O) groups excluding carboxylic acids is 1. The van der Waals surface area contributed by atoms with E-state index in [9.17, 15) is 4.79 Å². The largest absolute Gasteiger partial charge is 0.354 e. The van der Waals surface area contributed by atoms with Crippen molar-refractivity contribution in [3.05, 3.63) is 25.3 Å². The zero-order chi connectivity index (χ0) is 11.8. The summed E-state index contributed by atoms with van der Waals surface area (Å²) < 4.78 is 0. The van der Waals surface area contributed by atoms with Gasteiger partial charge < -0.3 is 10.6 Å². The van der Waals surface area contributed by atoms with Crippen molar-refractivity contribution < 1.29 is 4.79 Å². The van der Waals surface area contributed by atoms with Crippen molar-refractivity contribution in [2.24, 2.45) is 5.92 Å². The lowest BCUT2D eigenvalue weighted by Crippen LogP contribution is -2.39. The van der Waals surface area contributed by atoms with Gasteiger partial charge >= 0.3 is 0 Å². The molecule has 1 rings (SSSR count). The highest BCUT2D eigenvalue weighted by molar-refractivity contribution is 5.79. The molecule has 0 aromatic rings. The molecule has 1 atom stereocenters. The van der Waals surface area contributed by atoms with Crippen molar-refractivity contribution in [1.82, 2.24) is 10.6 Å². The van der Waals surface area contributed by atoms with Crippen LogP contribution in [0.15, 0.2) is 25.3 Å². The second-order valence-electron chi connectivity index (χ2n) is 4.28. The Morgan fingerprint density at radius 2 is 2.12 bits per heavy atom. The van der Waals surface area contributed by atoms with Gasteiger partial charge in [0.05, 0.1) is 0 Å². The lowest BCUT2D eigenvalue weighted by Gasteiger charge is -2.16. The average Bonchev–Trinajstić information content (AvgIpc) is 2.78. The summed E-state index contributed by atoms with van der Waals surface area (Å²) in [5.74, 6) is 0.116. The summed E-state index contributed by atoms with van der Waals surface area (Å²) in [7, 11) is 0. The van der Waals surface area contributed by atoms with Crippen LogP contribution in [0.4, 0.5) is 0 Å². The van der Waals surface area contributed by atoms with Gasteiger partial charge in [0.1, 0.15) is 0 Å². The summed E-state index contributed by atoms with van der Waals surface area (Å²) in [6.45, 7) is 9.16. The van der Waals surface area contributed by atoms with Gasteiger partial charge in [0.15, 0.2) is 0 Å². The maximum absolute atomic E-state index is 11.8. The molecule has 1 amide bonds. The molecule has 1 aliphatic heterocycles. The van der Waals surface area contributed by atoms with E-state index in [1.807, 2.05) is 0 Å². The number of nitrogens with one attached hydrogen (secondary N) is 2. The minimum Gasteiger partial charge on any atom is -0.354 e. The minimum atomic E-state index is -0.00333. The van der Waals surface area contributed by atoms with Crippen molar-refractivity contribution in [1.29, 1.82) is 0 Å². The molecule has 0 spiro atoms. The zero-order valence-electron chi connectivity index (χ0n) is 9.87. The van der Waals surface area contributed by atoms with Crippen LogP contribution in [0.1, 0.15) is 25.7 Å². The highest BCUT2D eigenvalue weighted by Gasteiger charge is 2.18. The molecule has 0 bridgehead atoms. The van der Waals surface area contributed by atoms with Crippen molar-refractivity contribution in [3.8, 4) is 0 Å². The van der Waals surface area contributed by atoms with Gasteiger partial charge in [-0.1, -0.05) is 12.2 Å². The van der Waals surface area contributed by atoms with Gasteiger partial charge in [-0.25, -0.2) is 0 Å². The first-order chi connectivity index (χ1) is 7.77. The maximum atomic E-state index is 11.8. The van der Waals surface area contributed by atoms with E-state index in [0.29, 0.717) is 6.04 Å². The zero-order valence-corrected chi connectivity index (χ0v) is 9.87. The number of hydrogen-bond donors (Lipinski definition) is 2. The highest BCUT2D eigenvalue weighted by Crippen LogP contribution is 2.10. The number of allylic oxidation sites excluding steroid dienone is 2. The van der Waals surface area contributed by atoms with Crippen LogP contribution in [-0.2, 0) is 4.79 Å². The Morgan fingerprint density at radius 1 is 1.44 bits per heavy atom. The number of hydrogen-bond acceptors (Lipinski definition) is 2. The molecular formula is C13H22N2O. The summed E-state index contributed by atoms with van der Waals surface area (Å²) in [4.78, 5) is 11.8. The van der Waals surface area contributed by atoms with Gasteiger partial charge in [-0.2, -0.15) is 0 Å². The minimum absolute atomic E-state index is 0.00333. The number of carbonyl (C=O) groups is 1. The third-order valence-electron chi connectivity index (χ3n) is 2.96. The molecule has 2 N–H and O–H groups in total. The first-order valence-corrected chi connectivity index (χ1v) is 6.00. The van der Waals surface area contributed by atoms with E-state index in [1.165, 1.54) is 6.42 Å². The fourth-order valence-electron chi connectivity index (χ4n) is 2.01. The van der Waals surface area contributed by atoms with E-state index >= 15 is 0 Å². The third kappa shape index (κ3) is 4.19. The van der Waals surface area contributed by atoms with Crippen LogP contribution in [0.5, 0.6) is 0 Å². The predicted octanol–water partition coefficient (Wildman–Crippen LogP) is 1.62. The molecule has 1 heterocycles. The first-order valence-electron chi connectivity index (χ1n) is 6.00. The smallest absolute Gasteiger partial charge is 0.223 e. The summed E-state index contributed by atoms with van der Waals surface area (Å²) in [5, 5.41) is 6.36. The van der Waals surface area contributed by atoms with Gasteiger partial charge in [-0.05, 0) is 32.2 Å². The Morgan fingerprint density at radius 3 is 2.62 bits per heavy atom. The van der Waals surface area contributed by atoms with Crippen LogP contribution in [0.25, 0.3) is 0 Å². The normalized spacial score (nSPS) is 19.7. The van der Waals surface area contributed by atoms with Crippen molar-refractivity contribution in [2.75, 3.05) is 13.1 Å². The standard InChI is InChI=1S/C13H22N2O/c1-3-6-11(7-4-2)13(16)15-10-12-8-5-9-14-12/h3-4,11-12,14H,1-2,5-10H2,(H,15,16). The SMILES string of the molecule is C=CCC(CC=C)C(=O)NCC1CCCN1. The van der Waals surface area contributed by atoms with Gasteiger partial charge in [0.25, 0.3) is 0 Å². The quantitative estimate of drug-likeness (QED) is 0.643. The molecule has 1 unspecified atom stereocenters. The molecule has 1 saturated heterocycles.